The van der Waals surface area contributed by atoms with E-state index in [4.69, 9.17) is 4.74 Å². The molecule has 2 aromatic heterocycles. The molecule has 1 aromatic carbocycles. The minimum atomic E-state index is -3.05. The van der Waals surface area contributed by atoms with Crippen molar-refractivity contribution in [2.75, 3.05) is 6.61 Å². The van der Waals surface area contributed by atoms with Gasteiger partial charge in [-0.3, -0.25) is 4.40 Å². The van der Waals surface area contributed by atoms with E-state index >= 15 is 0 Å². The summed E-state index contributed by atoms with van der Waals surface area (Å²) in [6, 6.07) is 9.48. The normalized spacial score (nSPS) is 11.4. The van der Waals surface area contributed by atoms with Gasteiger partial charge in [-0.15, -0.1) is 0 Å². The van der Waals surface area contributed by atoms with Crippen molar-refractivity contribution in [1.29, 1.82) is 0 Å². The summed E-state index contributed by atoms with van der Waals surface area (Å²) in [5.74, 6) is -1.32. The second-order valence-electron chi connectivity index (χ2n) is 5.40. The van der Waals surface area contributed by atoms with Gasteiger partial charge in [0, 0.05) is 11.8 Å². The average molecular weight is 374 g/mol. The van der Waals surface area contributed by atoms with E-state index in [1.165, 1.54) is 30.4 Å². The largest absolute Gasteiger partial charge is 0.504 e. The van der Waals surface area contributed by atoms with Gasteiger partial charge in [0.25, 0.3) is 0 Å². The minimum absolute atomic E-state index is 0.204. The van der Waals surface area contributed by atoms with Gasteiger partial charge in [0.15, 0.2) is 17.2 Å². The Kier molecular flexibility index (Phi) is 5.35. The highest BCUT2D eigenvalue weighted by atomic mass is 19.3. The van der Waals surface area contributed by atoms with Crippen LogP contribution in [-0.2, 0) is 4.74 Å². The molecule has 0 unspecified atom stereocenters. The molecule has 0 radical (unpaired) electrons. The molecule has 0 spiro atoms. The second-order valence-corrected chi connectivity index (χ2v) is 5.40. The van der Waals surface area contributed by atoms with Crippen LogP contribution >= 0.6 is 0 Å². The SMILES string of the molecule is CCOC(=O)c1c(C=Cc2cccc(OC(F)F)c2O)nc2ccccn12. The summed E-state index contributed by atoms with van der Waals surface area (Å²) >= 11 is 0. The highest BCUT2D eigenvalue weighted by Gasteiger charge is 2.19. The second kappa shape index (κ2) is 7.86. The number of hydrogen-bond donors (Lipinski definition) is 1. The van der Waals surface area contributed by atoms with Crippen LogP contribution in [0.4, 0.5) is 8.78 Å². The van der Waals surface area contributed by atoms with Crippen LogP contribution in [0.5, 0.6) is 11.5 Å². The molecule has 8 heteroatoms. The number of esters is 1. The van der Waals surface area contributed by atoms with Crippen LogP contribution in [0.15, 0.2) is 42.6 Å². The monoisotopic (exact) mass is 374 g/mol. The number of fused-ring (bicyclic) bond motifs is 1. The van der Waals surface area contributed by atoms with Crippen molar-refractivity contribution in [3.8, 4) is 11.5 Å². The lowest BCUT2D eigenvalue weighted by Crippen LogP contribution is -2.09. The number of aromatic nitrogens is 2. The van der Waals surface area contributed by atoms with Gasteiger partial charge in [-0.25, -0.2) is 9.78 Å². The molecule has 0 saturated heterocycles. The molecule has 0 bridgehead atoms. The van der Waals surface area contributed by atoms with Crippen LogP contribution in [0.3, 0.4) is 0 Å². The number of halogens is 2. The first-order valence-corrected chi connectivity index (χ1v) is 8.10. The van der Waals surface area contributed by atoms with Crippen LogP contribution in [0, 0.1) is 0 Å². The Morgan fingerprint density at radius 2 is 2.07 bits per heavy atom. The summed E-state index contributed by atoms with van der Waals surface area (Å²) in [6.45, 7) is -1.15. The number of carbonyl (C=O) groups is 1. The Hall–Kier alpha value is -3.42. The number of rotatable bonds is 6. The van der Waals surface area contributed by atoms with Gasteiger partial charge in [-0.1, -0.05) is 18.2 Å². The number of pyridine rings is 1. The van der Waals surface area contributed by atoms with Gasteiger partial charge in [-0.2, -0.15) is 8.78 Å². The standard InChI is InChI=1S/C19H16F2N2O4/c1-2-26-18(25)16-13(22-15-8-3-4-11-23(15)16)10-9-12-6-5-7-14(17(12)24)27-19(20)21/h3-11,19,24H,2H2,1H3. The Morgan fingerprint density at radius 3 is 2.81 bits per heavy atom. The van der Waals surface area contributed by atoms with E-state index < -0.39 is 18.3 Å². The summed E-state index contributed by atoms with van der Waals surface area (Å²) in [5.41, 5.74) is 1.32. The number of para-hydroxylation sites is 1. The molecule has 0 aliphatic heterocycles. The number of aromatic hydroxyl groups is 1. The first-order valence-electron chi connectivity index (χ1n) is 8.10. The van der Waals surface area contributed by atoms with E-state index in [0.717, 1.165) is 0 Å². The molecule has 0 aliphatic rings. The van der Waals surface area contributed by atoms with Gasteiger partial charge in [0.2, 0.25) is 0 Å². The van der Waals surface area contributed by atoms with E-state index in [-0.39, 0.29) is 23.6 Å². The van der Waals surface area contributed by atoms with E-state index in [0.29, 0.717) is 11.3 Å². The number of nitrogens with zero attached hydrogens (tertiary/aromatic N) is 2. The summed E-state index contributed by atoms with van der Waals surface area (Å²) in [6.07, 6.45) is 4.64. The number of phenolic OH excluding ortho intramolecular Hbond substituents is 1. The van der Waals surface area contributed by atoms with Crippen LogP contribution in [0.1, 0.15) is 28.7 Å². The molecule has 0 amide bonds. The van der Waals surface area contributed by atoms with Gasteiger partial charge >= 0.3 is 12.6 Å². The zero-order valence-electron chi connectivity index (χ0n) is 14.3. The molecule has 3 aromatic rings. The molecule has 1 N–H and O–H groups in total. The maximum atomic E-state index is 12.4. The molecule has 6 nitrogen and oxygen atoms in total. The highest BCUT2D eigenvalue weighted by molar-refractivity contribution is 5.94. The number of benzene rings is 1. The maximum Gasteiger partial charge on any atom is 0.387 e. The zero-order chi connectivity index (χ0) is 19.4. The fourth-order valence-electron chi connectivity index (χ4n) is 2.57. The maximum absolute atomic E-state index is 12.4. The Morgan fingerprint density at radius 1 is 1.26 bits per heavy atom. The van der Waals surface area contributed by atoms with Crippen molar-refractivity contribution in [3.63, 3.8) is 0 Å². The van der Waals surface area contributed by atoms with E-state index in [2.05, 4.69) is 9.72 Å². The zero-order valence-corrected chi connectivity index (χ0v) is 14.3. The summed E-state index contributed by atoms with van der Waals surface area (Å²) < 4.78 is 35.7. The first kappa shape index (κ1) is 18.4. The molecule has 0 fully saturated rings. The van der Waals surface area contributed by atoms with Gasteiger partial charge < -0.3 is 14.6 Å². The fraction of sp³-hybridized carbons (Fsp3) is 0.158. The lowest BCUT2D eigenvalue weighted by atomic mass is 10.1. The smallest absolute Gasteiger partial charge is 0.387 e. The Labute approximate surface area is 153 Å². The molecule has 3 rings (SSSR count). The van der Waals surface area contributed by atoms with E-state index in [1.807, 2.05) is 0 Å². The summed E-state index contributed by atoms with van der Waals surface area (Å²) in [7, 11) is 0. The van der Waals surface area contributed by atoms with Crippen molar-refractivity contribution in [2.45, 2.75) is 13.5 Å². The van der Waals surface area contributed by atoms with Crippen LogP contribution in [0.2, 0.25) is 0 Å². The van der Waals surface area contributed by atoms with Crippen molar-refractivity contribution in [2.24, 2.45) is 0 Å². The number of carbonyl (C=O) groups excluding carboxylic acids is 1. The van der Waals surface area contributed by atoms with Gasteiger partial charge in [0.1, 0.15) is 5.65 Å². The predicted octanol–water partition coefficient (Wildman–Crippen LogP) is 3.99. The van der Waals surface area contributed by atoms with Crippen LogP contribution in [-0.4, -0.2) is 33.7 Å². The Bertz CT molecular complexity index is 999. The first-order chi connectivity index (χ1) is 13.0. The minimum Gasteiger partial charge on any atom is -0.504 e. The molecule has 0 saturated carbocycles. The van der Waals surface area contributed by atoms with Crippen LogP contribution in [0.25, 0.3) is 17.8 Å². The lowest BCUT2D eigenvalue weighted by Gasteiger charge is -2.08. The fourth-order valence-corrected chi connectivity index (χ4v) is 2.57. The number of ether oxygens (including phenoxy) is 2. The molecule has 0 atom stereocenters. The summed E-state index contributed by atoms with van der Waals surface area (Å²) in [5, 5.41) is 10.1. The van der Waals surface area contributed by atoms with E-state index in [9.17, 15) is 18.7 Å². The Balaban J connectivity index is 2.02. The summed E-state index contributed by atoms with van der Waals surface area (Å²) in [4.78, 5) is 16.7. The third-order valence-electron chi connectivity index (χ3n) is 3.69. The van der Waals surface area contributed by atoms with Crippen molar-refractivity contribution >= 4 is 23.8 Å². The van der Waals surface area contributed by atoms with Gasteiger partial charge in [-0.05, 0) is 37.3 Å². The lowest BCUT2D eigenvalue weighted by molar-refractivity contribution is -0.0512. The van der Waals surface area contributed by atoms with Crippen molar-refractivity contribution in [3.05, 3.63) is 59.5 Å². The number of alkyl halides is 2. The number of imidazole rings is 1. The number of phenols is 1. The molecule has 0 aliphatic carbocycles. The highest BCUT2D eigenvalue weighted by Crippen LogP contribution is 2.32. The average Bonchev–Trinajstić information content (AvgIpc) is 3.00. The molecular formula is C19H16F2N2O4. The molecule has 140 valence electrons. The third-order valence-corrected chi connectivity index (χ3v) is 3.69. The third kappa shape index (κ3) is 3.89. The molecule has 2 heterocycles. The van der Waals surface area contributed by atoms with Gasteiger partial charge in [0.05, 0.1) is 12.3 Å². The predicted molar refractivity (Wildman–Crippen MR) is 94.8 cm³/mol. The van der Waals surface area contributed by atoms with E-state index in [1.54, 1.807) is 35.7 Å². The quantitative estimate of drug-likeness (QED) is 0.661. The molecular weight excluding hydrogens is 358 g/mol. The topological polar surface area (TPSA) is 73.1 Å². The number of hydrogen-bond acceptors (Lipinski definition) is 5. The van der Waals surface area contributed by atoms with Crippen molar-refractivity contribution in [1.82, 2.24) is 9.38 Å². The molecule has 27 heavy (non-hydrogen) atoms. The van der Waals surface area contributed by atoms with Crippen molar-refractivity contribution < 1.29 is 28.2 Å². The van der Waals surface area contributed by atoms with Crippen LogP contribution < -0.4 is 4.74 Å².